The van der Waals surface area contributed by atoms with Crippen molar-refractivity contribution in [1.29, 1.82) is 0 Å². The molecule has 1 aromatic rings. The molecule has 14 heavy (non-hydrogen) atoms. The van der Waals surface area contributed by atoms with E-state index in [1.54, 1.807) is 0 Å². The van der Waals surface area contributed by atoms with Crippen LogP contribution < -0.4 is 5.32 Å². The lowest BCUT2D eigenvalue weighted by atomic mass is 10.4. The van der Waals surface area contributed by atoms with E-state index in [0.29, 0.717) is 5.25 Å². The Morgan fingerprint density at radius 3 is 3.00 bits per heavy atom. The van der Waals surface area contributed by atoms with Crippen LogP contribution in [0.5, 0.6) is 0 Å². The Labute approximate surface area is 90.3 Å². The van der Waals surface area contributed by atoms with Crippen LogP contribution in [-0.2, 0) is 7.05 Å². The summed E-state index contributed by atoms with van der Waals surface area (Å²) in [6.45, 7) is 6.56. The lowest BCUT2D eigenvalue weighted by Gasteiger charge is -2.11. The van der Waals surface area contributed by atoms with Gasteiger partial charge in [-0.15, -0.1) is 0 Å². The zero-order valence-electron chi connectivity index (χ0n) is 9.16. The number of aryl methyl sites for hydroxylation is 1. The highest BCUT2D eigenvalue weighted by Gasteiger charge is 2.06. The van der Waals surface area contributed by atoms with Gasteiger partial charge in [-0.25, -0.2) is 4.98 Å². The zero-order chi connectivity index (χ0) is 10.4. The van der Waals surface area contributed by atoms with Gasteiger partial charge < -0.3 is 9.88 Å². The van der Waals surface area contributed by atoms with Gasteiger partial charge in [0.2, 0.25) is 0 Å². The molecular weight excluding hydrogens is 194 g/mol. The van der Waals surface area contributed by atoms with Crippen molar-refractivity contribution >= 4 is 11.8 Å². The molecule has 1 heterocycles. The first kappa shape index (κ1) is 11.6. The predicted molar refractivity (Wildman–Crippen MR) is 61.7 cm³/mol. The molecule has 0 spiro atoms. The van der Waals surface area contributed by atoms with Crippen molar-refractivity contribution < 1.29 is 0 Å². The third-order valence-electron chi connectivity index (χ3n) is 1.94. The van der Waals surface area contributed by atoms with Crippen LogP contribution in [0.1, 0.15) is 20.3 Å². The van der Waals surface area contributed by atoms with E-state index < -0.39 is 0 Å². The molecule has 80 valence electrons. The highest BCUT2D eigenvalue weighted by Crippen LogP contribution is 2.19. The van der Waals surface area contributed by atoms with E-state index in [-0.39, 0.29) is 0 Å². The average molecular weight is 213 g/mol. The van der Waals surface area contributed by atoms with Crippen molar-refractivity contribution in [2.24, 2.45) is 7.05 Å². The van der Waals surface area contributed by atoms with Crippen molar-refractivity contribution in [2.75, 3.05) is 13.1 Å². The summed E-state index contributed by atoms with van der Waals surface area (Å²) >= 11 is 1.82. The van der Waals surface area contributed by atoms with Crippen LogP contribution in [0, 0.1) is 0 Å². The molecule has 0 aliphatic heterocycles. The maximum Gasteiger partial charge on any atom is 0.167 e. The molecule has 0 aliphatic carbocycles. The monoisotopic (exact) mass is 213 g/mol. The van der Waals surface area contributed by atoms with E-state index in [9.17, 15) is 0 Å². The number of thioether (sulfide) groups is 1. The fourth-order valence-corrected chi connectivity index (χ4v) is 2.08. The van der Waals surface area contributed by atoms with E-state index in [1.807, 2.05) is 31.2 Å². The summed E-state index contributed by atoms with van der Waals surface area (Å²) in [7, 11) is 2.03. The van der Waals surface area contributed by atoms with E-state index in [1.165, 1.54) is 6.42 Å². The first-order valence-electron chi connectivity index (χ1n) is 5.08. The third-order valence-corrected chi connectivity index (χ3v) is 3.12. The molecule has 1 unspecified atom stereocenters. The van der Waals surface area contributed by atoms with Crippen LogP contribution in [0.2, 0.25) is 0 Å². The molecule has 0 radical (unpaired) electrons. The van der Waals surface area contributed by atoms with Gasteiger partial charge in [0.1, 0.15) is 0 Å². The van der Waals surface area contributed by atoms with Gasteiger partial charge in [0.25, 0.3) is 0 Å². The van der Waals surface area contributed by atoms with Crippen LogP contribution in [-0.4, -0.2) is 27.9 Å². The molecule has 0 aliphatic rings. The minimum absolute atomic E-state index is 0.572. The Kier molecular flexibility index (Phi) is 5.04. The fraction of sp³-hybridized carbons (Fsp3) is 0.700. The molecule has 1 aromatic heterocycles. The number of aromatic nitrogens is 2. The predicted octanol–water partition coefficient (Wildman–Crippen LogP) is 1.90. The van der Waals surface area contributed by atoms with Gasteiger partial charge in [-0.1, -0.05) is 25.6 Å². The molecule has 0 bridgehead atoms. The van der Waals surface area contributed by atoms with Crippen LogP contribution in [0.25, 0.3) is 0 Å². The largest absolute Gasteiger partial charge is 0.329 e. The topological polar surface area (TPSA) is 29.9 Å². The second kappa shape index (κ2) is 6.09. The Balaban J connectivity index is 2.27. The van der Waals surface area contributed by atoms with Gasteiger partial charge in [0, 0.05) is 31.2 Å². The van der Waals surface area contributed by atoms with Crippen LogP contribution in [0.15, 0.2) is 17.6 Å². The van der Waals surface area contributed by atoms with E-state index in [2.05, 4.69) is 28.7 Å². The maximum absolute atomic E-state index is 4.28. The van der Waals surface area contributed by atoms with Gasteiger partial charge in [-0.3, -0.25) is 0 Å². The molecule has 0 saturated heterocycles. The summed E-state index contributed by atoms with van der Waals surface area (Å²) in [5, 5.41) is 5.07. The van der Waals surface area contributed by atoms with Crippen LogP contribution in [0.4, 0.5) is 0 Å². The third kappa shape index (κ3) is 3.72. The Hall–Kier alpha value is -0.480. The molecule has 0 saturated carbocycles. The minimum atomic E-state index is 0.572. The van der Waals surface area contributed by atoms with Crippen molar-refractivity contribution in [3.63, 3.8) is 0 Å². The molecule has 3 nitrogen and oxygen atoms in total. The highest BCUT2D eigenvalue weighted by atomic mass is 32.2. The molecule has 0 aromatic carbocycles. The maximum atomic E-state index is 4.28. The highest BCUT2D eigenvalue weighted by molar-refractivity contribution is 7.99. The second-order valence-corrected chi connectivity index (χ2v) is 4.86. The number of hydrogen-bond acceptors (Lipinski definition) is 3. The molecular formula is C10H19N3S. The Morgan fingerprint density at radius 1 is 1.64 bits per heavy atom. The van der Waals surface area contributed by atoms with E-state index in [4.69, 9.17) is 0 Å². The zero-order valence-corrected chi connectivity index (χ0v) is 9.97. The first-order valence-corrected chi connectivity index (χ1v) is 5.96. The SMILES string of the molecule is CCCNCC(C)Sc1nccn1C. The van der Waals surface area contributed by atoms with Gasteiger partial charge in [-0.2, -0.15) is 0 Å². The number of hydrogen-bond donors (Lipinski definition) is 1. The first-order chi connectivity index (χ1) is 6.74. The molecule has 1 rings (SSSR count). The minimum Gasteiger partial charge on any atom is -0.329 e. The van der Waals surface area contributed by atoms with Gasteiger partial charge in [0.05, 0.1) is 0 Å². The molecule has 0 amide bonds. The van der Waals surface area contributed by atoms with Crippen LogP contribution >= 0.6 is 11.8 Å². The summed E-state index contributed by atoms with van der Waals surface area (Å²) in [4.78, 5) is 4.28. The molecule has 1 atom stereocenters. The summed E-state index contributed by atoms with van der Waals surface area (Å²) in [5.41, 5.74) is 0. The fourth-order valence-electron chi connectivity index (χ4n) is 1.17. The van der Waals surface area contributed by atoms with Crippen molar-refractivity contribution in [3.8, 4) is 0 Å². The lowest BCUT2D eigenvalue weighted by molar-refractivity contribution is 0.666. The van der Waals surface area contributed by atoms with Gasteiger partial charge in [0.15, 0.2) is 5.16 Å². The summed E-state index contributed by atoms with van der Waals surface area (Å²) in [6, 6.07) is 0. The average Bonchev–Trinajstić information content (AvgIpc) is 2.52. The standard InChI is InChI=1S/C10H19N3S/c1-4-5-11-8-9(2)14-10-12-6-7-13(10)3/h6-7,9,11H,4-5,8H2,1-3H3. The Bertz CT molecular complexity index is 260. The number of nitrogens with one attached hydrogen (secondary N) is 1. The molecule has 1 N–H and O–H groups in total. The quantitative estimate of drug-likeness (QED) is 0.578. The summed E-state index contributed by atoms with van der Waals surface area (Å²) in [6.07, 6.45) is 5.02. The molecule has 0 fully saturated rings. The second-order valence-electron chi connectivity index (χ2n) is 3.45. The smallest absolute Gasteiger partial charge is 0.167 e. The van der Waals surface area contributed by atoms with E-state index in [0.717, 1.165) is 18.2 Å². The number of nitrogens with zero attached hydrogens (tertiary/aromatic N) is 2. The number of imidazole rings is 1. The van der Waals surface area contributed by atoms with Gasteiger partial charge in [-0.05, 0) is 13.0 Å². The lowest BCUT2D eigenvalue weighted by Crippen LogP contribution is -2.23. The molecule has 4 heteroatoms. The van der Waals surface area contributed by atoms with Gasteiger partial charge >= 0.3 is 0 Å². The Morgan fingerprint density at radius 2 is 2.43 bits per heavy atom. The normalized spacial score (nSPS) is 13.1. The van der Waals surface area contributed by atoms with E-state index >= 15 is 0 Å². The number of rotatable bonds is 6. The van der Waals surface area contributed by atoms with Crippen molar-refractivity contribution in [1.82, 2.24) is 14.9 Å². The van der Waals surface area contributed by atoms with Crippen LogP contribution in [0.3, 0.4) is 0 Å². The van der Waals surface area contributed by atoms with Crippen molar-refractivity contribution in [3.05, 3.63) is 12.4 Å². The summed E-state index contributed by atoms with van der Waals surface area (Å²) in [5.74, 6) is 0. The summed E-state index contributed by atoms with van der Waals surface area (Å²) < 4.78 is 2.06. The van der Waals surface area contributed by atoms with Crippen molar-refractivity contribution in [2.45, 2.75) is 30.7 Å².